The average molecular weight is 362 g/mol. The van der Waals surface area contributed by atoms with Gasteiger partial charge in [-0.05, 0) is 67.7 Å². The Morgan fingerprint density at radius 2 is 1.58 bits per heavy atom. The summed E-state index contributed by atoms with van der Waals surface area (Å²) >= 11 is 0. The van der Waals surface area contributed by atoms with Crippen LogP contribution in [0.25, 0.3) is 0 Å². The van der Waals surface area contributed by atoms with Crippen molar-refractivity contribution in [3.8, 4) is 0 Å². The Labute approximate surface area is 160 Å². The third-order valence-electron chi connectivity index (χ3n) is 5.30. The second kappa shape index (κ2) is 12.1. The predicted octanol–water partition coefficient (Wildman–Crippen LogP) is 3.79. The Morgan fingerprint density at radius 1 is 1.04 bits per heavy atom. The SMILES string of the molecule is C=O.CC(C)CN(Cc1ccc(N(C)C)cc1)CC1CCC(CN)CC1. The molecule has 148 valence electrons. The standard InChI is InChI=1S/C21H37N3.CH2O/c1-17(2)14-24(15-19-7-5-18(13-22)6-8-19)16-20-9-11-21(12-10-20)23(3)4;1-2/h9-12,17-19H,5-8,13-16,22H2,1-4H3;1H2. The molecule has 0 saturated heterocycles. The molecule has 1 aromatic carbocycles. The number of benzene rings is 1. The molecular formula is C22H39N3O. The summed E-state index contributed by atoms with van der Waals surface area (Å²) in [6, 6.07) is 9.03. The lowest BCUT2D eigenvalue weighted by Crippen LogP contribution is -2.34. The largest absolute Gasteiger partial charge is 0.378 e. The maximum Gasteiger partial charge on any atom is 0.106 e. The number of carbonyl (C=O) groups is 1. The highest BCUT2D eigenvalue weighted by molar-refractivity contribution is 5.45. The Balaban J connectivity index is 0.00000163. The third kappa shape index (κ3) is 7.88. The van der Waals surface area contributed by atoms with E-state index in [0.29, 0.717) is 5.92 Å². The van der Waals surface area contributed by atoms with Crippen molar-refractivity contribution < 1.29 is 4.79 Å². The quantitative estimate of drug-likeness (QED) is 0.765. The second-order valence-electron chi connectivity index (χ2n) is 8.27. The molecule has 0 aliphatic heterocycles. The van der Waals surface area contributed by atoms with Gasteiger partial charge >= 0.3 is 0 Å². The van der Waals surface area contributed by atoms with Gasteiger partial charge in [0, 0.05) is 39.4 Å². The molecule has 1 fully saturated rings. The van der Waals surface area contributed by atoms with Crippen molar-refractivity contribution in [3.63, 3.8) is 0 Å². The minimum atomic E-state index is 0.714. The molecule has 2 N–H and O–H groups in total. The summed E-state index contributed by atoms with van der Waals surface area (Å²) in [5, 5.41) is 0. The topological polar surface area (TPSA) is 49.6 Å². The molecular weight excluding hydrogens is 322 g/mol. The van der Waals surface area contributed by atoms with Crippen molar-refractivity contribution >= 4 is 12.5 Å². The molecule has 4 heteroatoms. The molecule has 0 spiro atoms. The number of nitrogens with two attached hydrogens (primary N) is 1. The summed E-state index contributed by atoms with van der Waals surface area (Å²) in [5.74, 6) is 2.34. The van der Waals surface area contributed by atoms with Crippen LogP contribution in [0.15, 0.2) is 24.3 Å². The van der Waals surface area contributed by atoms with Crippen LogP contribution in [0.4, 0.5) is 5.69 Å². The molecule has 0 bridgehead atoms. The van der Waals surface area contributed by atoms with Gasteiger partial charge in [0.1, 0.15) is 6.79 Å². The maximum atomic E-state index is 8.00. The van der Waals surface area contributed by atoms with Gasteiger partial charge < -0.3 is 15.4 Å². The average Bonchev–Trinajstić information content (AvgIpc) is 2.64. The number of carbonyl (C=O) groups excluding carboxylic acids is 1. The van der Waals surface area contributed by atoms with Gasteiger partial charge in [-0.1, -0.05) is 26.0 Å². The van der Waals surface area contributed by atoms with E-state index in [2.05, 4.69) is 62.0 Å². The summed E-state index contributed by atoms with van der Waals surface area (Å²) in [5.41, 5.74) is 8.54. The smallest absolute Gasteiger partial charge is 0.106 e. The van der Waals surface area contributed by atoms with E-state index in [0.717, 1.165) is 24.9 Å². The van der Waals surface area contributed by atoms with Crippen molar-refractivity contribution in [1.82, 2.24) is 4.90 Å². The van der Waals surface area contributed by atoms with E-state index in [9.17, 15) is 0 Å². The summed E-state index contributed by atoms with van der Waals surface area (Å²) in [6.45, 7) is 11.0. The molecule has 4 nitrogen and oxygen atoms in total. The maximum absolute atomic E-state index is 8.00. The van der Waals surface area contributed by atoms with Crippen molar-refractivity contribution in [2.75, 3.05) is 38.6 Å². The van der Waals surface area contributed by atoms with Crippen molar-refractivity contribution in [2.24, 2.45) is 23.5 Å². The molecule has 1 aromatic rings. The van der Waals surface area contributed by atoms with Gasteiger partial charge in [-0.15, -0.1) is 0 Å². The van der Waals surface area contributed by atoms with Crippen LogP contribution in [-0.2, 0) is 11.3 Å². The van der Waals surface area contributed by atoms with E-state index in [4.69, 9.17) is 10.5 Å². The fraction of sp³-hybridized carbons (Fsp3) is 0.682. The van der Waals surface area contributed by atoms with E-state index in [1.807, 2.05) is 6.79 Å². The zero-order chi connectivity index (χ0) is 19.5. The lowest BCUT2D eigenvalue weighted by molar-refractivity contribution is -0.0979. The molecule has 1 aliphatic rings. The van der Waals surface area contributed by atoms with E-state index >= 15 is 0 Å². The first-order chi connectivity index (χ1) is 12.5. The summed E-state index contributed by atoms with van der Waals surface area (Å²) < 4.78 is 0. The Kier molecular flexibility index (Phi) is 10.5. The molecule has 0 aromatic heterocycles. The van der Waals surface area contributed by atoms with Gasteiger partial charge in [0.05, 0.1) is 0 Å². The first-order valence-electron chi connectivity index (χ1n) is 9.95. The number of nitrogens with zero attached hydrogens (tertiary/aromatic N) is 2. The number of hydrogen-bond acceptors (Lipinski definition) is 4. The fourth-order valence-corrected chi connectivity index (χ4v) is 3.89. The Morgan fingerprint density at radius 3 is 2.04 bits per heavy atom. The summed E-state index contributed by atoms with van der Waals surface area (Å²) in [7, 11) is 4.19. The normalized spacial score (nSPS) is 20.0. The predicted molar refractivity (Wildman–Crippen MR) is 113 cm³/mol. The molecule has 0 amide bonds. The molecule has 0 heterocycles. The van der Waals surface area contributed by atoms with E-state index in [1.165, 1.54) is 50.0 Å². The van der Waals surface area contributed by atoms with Crippen molar-refractivity contribution in [2.45, 2.75) is 46.1 Å². The fourth-order valence-electron chi connectivity index (χ4n) is 3.89. The number of rotatable bonds is 8. The Bertz CT molecular complexity index is 479. The molecule has 1 saturated carbocycles. The van der Waals surface area contributed by atoms with Gasteiger partial charge in [-0.2, -0.15) is 0 Å². The monoisotopic (exact) mass is 361 g/mol. The van der Waals surface area contributed by atoms with Crippen LogP contribution >= 0.6 is 0 Å². The highest BCUT2D eigenvalue weighted by atomic mass is 16.1. The van der Waals surface area contributed by atoms with Crippen LogP contribution in [0.3, 0.4) is 0 Å². The molecule has 1 aliphatic carbocycles. The van der Waals surface area contributed by atoms with Gasteiger partial charge in [0.2, 0.25) is 0 Å². The van der Waals surface area contributed by atoms with Crippen molar-refractivity contribution in [1.29, 1.82) is 0 Å². The number of hydrogen-bond donors (Lipinski definition) is 1. The highest BCUT2D eigenvalue weighted by Crippen LogP contribution is 2.29. The summed E-state index contributed by atoms with van der Waals surface area (Å²) in [4.78, 5) is 12.8. The first kappa shape index (κ1) is 22.7. The van der Waals surface area contributed by atoms with E-state index in [-0.39, 0.29) is 0 Å². The number of anilines is 1. The van der Waals surface area contributed by atoms with Crippen LogP contribution in [0.2, 0.25) is 0 Å². The molecule has 0 atom stereocenters. The lowest BCUT2D eigenvalue weighted by atomic mass is 9.81. The zero-order valence-electron chi connectivity index (χ0n) is 17.3. The van der Waals surface area contributed by atoms with Crippen molar-refractivity contribution in [3.05, 3.63) is 29.8 Å². The molecule has 0 unspecified atom stereocenters. The zero-order valence-corrected chi connectivity index (χ0v) is 17.3. The van der Waals surface area contributed by atoms with Gasteiger partial charge in [-0.25, -0.2) is 0 Å². The van der Waals surface area contributed by atoms with Gasteiger partial charge in [0.25, 0.3) is 0 Å². The summed E-state index contributed by atoms with van der Waals surface area (Å²) in [6.07, 6.45) is 5.37. The molecule has 2 rings (SSSR count). The second-order valence-corrected chi connectivity index (χ2v) is 8.27. The third-order valence-corrected chi connectivity index (χ3v) is 5.30. The minimum Gasteiger partial charge on any atom is -0.378 e. The van der Waals surface area contributed by atoms with Gasteiger partial charge in [-0.3, -0.25) is 4.90 Å². The minimum absolute atomic E-state index is 0.714. The van der Waals surface area contributed by atoms with E-state index in [1.54, 1.807) is 0 Å². The van der Waals surface area contributed by atoms with Crippen LogP contribution < -0.4 is 10.6 Å². The van der Waals surface area contributed by atoms with E-state index < -0.39 is 0 Å². The van der Waals surface area contributed by atoms with Crippen LogP contribution in [-0.4, -0.2) is 45.4 Å². The lowest BCUT2D eigenvalue weighted by Gasteiger charge is -2.33. The molecule has 26 heavy (non-hydrogen) atoms. The van der Waals surface area contributed by atoms with Crippen LogP contribution in [0.5, 0.6) is 0 Å². The van der Waals surface area contributed by atoms with Crippen LogP contribution in [0, 0.1) is 17.8 Å². The van der Waals surface area contributed by atoms with Crippen LogP contribution in [0.1, 0.15) is 45.1 Å². The first-order valence-corrected chi connectivity index (χ1v) is 9.95. The van der Waals surface area contributed by atoms with Gasteiger partial charge in [0.15, 0.2) is 0 Å². The Hall–Kier alpha value is -1.39. The highest BCUT2D eigenvalue weighted by Gasteiger charge is 2.22. The molecule has 0 radical (unpaired) electrons.